The largest absolute Gasteiger partial charge is 0.454 e. The lowest BCUT2D eigenvalue weighted by molar-refractivity contribution is 0.174. The molecule has 2 heterocycles. The number of nitrogens with two attached hydrogens (primary N) is 1. The van der Waals surface area contributed by atoms with Gasteiger partial charge >= 0.3 is 0 Å². The first-order valence-electron chi connectivity index (χ1n) is 5.99. The smallest absolute Gasteiger partial charge is 0.231 e. The van der Waals surface area contributed by atoms with Crippen LogP contribution < -0.4 is 15.2 Å². The van der Waals surface area contributed by atoms with Crippen LogP contribution in [0.3, 0.4) is 0 Å². The number of hydrogen-bond donors (Lipinski definition) is 1. The van der Waals surface area contributed by atoms with Crippen molar-refractivity contribution in [3.63, 3.8) is 0 Å². The van der Waals surface area contributed by atoms with Crippen LogP contribution in [-0.2, 0) is 13.1 Å². The Balaban J connectivity index is 1.64. The molecule has 0 spiro atoms. The number of fused-ring (bicyclic) bond motifs is 1. The van der Waals surface area contributed by atoms with Crippen LogP contribution in [0.2, 0.25) is 0 Å². The fourth-order valence-electron chi connectivity index (χ4n) is 2.08. The van der Waals surface area contributed by atoms with Crippen molar-refractivity contribution in [1.82, 2.24) is 10.1 Å². The third-order valence-corrected chi connectivity index (χ3v) is 2.89. The SMILES string of the molecule is CN(Cc1ccc2c(c1)OCO2)Cc1cc(N)no1. The summed E-state index contributed by atoms with van der Waals surface area (Å²) in [5, 5.41) is 3.66. The summed E-state index contributed by atoms with van der Waals surface area (Å²) < 4.78 is 15.7. The summed E-state index contributed by atoms with van der Waals surface area (Å²) in [7, 11) is 2.00. The molecule has 3 rings (SSSR count). The van der Waals surface area contributed by atoms with Gasteiger partial charge in [-0.2, -0.15) is 0 Å². The van der Waals surface area contributed by atoms with E-state index in [-0.39, 0.29) is 0 Å². The van der Waals surface area contributed by atoms with Gasteiger partial charge in [-0.1, -0.05) is 11.2 Å². The Labute approximate surface area is 110 Å². The van der Waals surface area contributed by atoms with Crippen molar-refractivity contribution in [3.05, 3.63) is 35.6 Å². The molecule has 2 aromatic rings. The molecule has 0 fully saturated rings. The minimum atomic E-state index is 0.298. The number of rotatable bonds is 4. The quantitative estimate of drug-likeness (QED) is 0.901. The third-order valence-electron chi connectivity index (χ3n) is 2.89. The van der Waals surface area contributed by atoms with Crippen LogP contribution in [0.25, 0.3) is 0 Å². The van der Waals surface area contributed by atoms with E-state index in [2.05, 4.69) is 10.1 Å². The van der Waals surface area contributed by atoms with Crippen LogP contribution in [0.4, 0.5) is 5.82 Å². The van der Waals surface area contributed by atoms with Crippen molar-refractivity contribution in [3.8, 4) is 11.5 Å². The Kier molecular flexibility index (Phi) is 3.00. The number of nitrogen functional groups attached to an aromatic ring is 1. The Hall–Kier alpha value is -2.21. The summed E-state index contributed by atoms with van der Waals surface area (Å²) in [4.78, 5) is 2.11. The fraction of sp³-hybridized carbons (Fsp3) is 0.308. The van der Waals surface area contributed by atoms with Gasteiger partial charge in [-0.25, -0.2) is 0 Å². The average Bonchev–Trinajstić information content (AvgIpc) is 2.97. The van der Waals surface area contributed by atoms with E-state index in [0.717, 1.165) is 29.4 Å². The van der Waals surface area contributed by atoms with Crippen molar-refractivity contribution in [2.75, 3.05) is 19.6 Å². The number of hydrogen-bond acceptors (Lipinski definition) is 6. The molecule has 1 aromatic heterocycles. The minimum absolute atomic E-state index is 0.298. The van der Waals surface area contributed by atoms with E-state index >= 15 is 0 Å². The molecule has 0 saturated heterocycles. The lowest BCUT2D eigenvalue weighted by atomic mass is 10.2. The predicted octanol–water partition coefficient (Wildman–Crippen LogP) is 1.62. The second kappa shape index (κ2) is 4.81. The van der Waals surface area contributed by atoms with E-state index in [1.165, 1.54) is 0 Å². The van der Waals surface area contributed by atoms with E-state index < -0.39 is 0 Å². The monoisotopic (exact) mass is 261 g/mol. The maximum Gasteiger partial charge on any atom is 0.231 e. The molecule has 0 atom stereocenters. The number of benzene rings is 1. The molecule has 0 unspecified atom stereocenters. The fourth-order valence-corrected chi connectivity index (χ4v) is 2.08. The highest BCUT2D eigenvalue weighted by molar-refractivity contribution is 5.44. The average molecular weight is 261 g/mol. The van der Waals surface area contributed by atoms with E-state index in [0.29, 0.717) is 19.2 Å². The second-order valence-electron chi connectivity index (χ2n) is 4.58. The van der Waals surface area contributed by atoms with E-state index in [9.17, 15) is 0 Å². The molecule has 0 bridgehead atoms. The lowest BCUT2D eigenvalue weighted by Gasteiger charge is -2.14. The minimum Gasteiger partial charge on any atom is -0.454 e. The van der Waals surface area contributed by atoms with Crippen molar-refractivity contribution in [2.45, 2.75) is 13.1 Å². The number of anilines is 1. The van der Waals surface area contributed by atoms with Gasteiger partial charge in [0.05, 0.1) is 6.54 Å². The van der Waals surface area contributed by atoms with E-state index in [4.69, 9.17) is 19.7 Å². The number of aromatic nitrogens is 1. The topological polar surface area (TPSA) is 73.8 Å². The molecule has 0 amide bonds. The van der Waals surface area contributed by atoms with Crippen LogP contribution in [0, 0.1) is 0 Å². The molecule has 0 saturated carbocycles. The van der Waals surface area contributed by atoms with Crippen LogP contribution in [0.5, 0.6) is 11.5 Å². The summed E-state index contributed by atoms with van der Waals surface area (Å²) in [5.41, 5.74) is 6.67. The van der Waals surface area contributed by atoms with Gasteiger partial charge in [-0.3, -0.25) is 4.90 Å². The highest BCUT2D eigenvalue weighted by atomic mass is 16.7. The molecule has 6 nitrogen and oxygen atoms in total. The van der Waals surface area contributed by atoms with Crippen LogP contribution in [-0.4, -0.2) is 23.9 Å². The molecule has 0 radical (unpaired) electrons. The second-order valence-corrected chi connectivity index (χ2v) is 4.58. The van der Waals surface area contributed by atoms with Crippen LogP contribution in [0.1, 0.15) is 11.3 Å². The summed E-state index contributed by atoms with van der Waals surface area (Å²) in [6.07, 6.45) is 0. The molecule has 6 heteroatoms. The maximum atomic E-state index is 5.51. The first-order chi connectivity index (χ1) is 9.20. The van der Waals surface area contributed by atoms with Crippen molar-refractivity contribution < 1.29 is 14.0 Å². The summed E-state index contributed by atoms with van der Waals surface area (Å²) in [6, 6.07) is 7.68. The first kappa shape index (κ1) is 11.9. The molecule has 1 aromatic carbocycles. The summed E-state index contributed by atoms with van der Waals surface area (Å²) in [6.45, 7) is 1.72. The molecule has 1 aliphatic rings. The normalized spacial score (nSPS) is 13.2. The van der Waals surface area contributed by atoms with Gasteiger partial charge in [0, 0.05) is 12.6 Å². The Morgan fingerprint density at radius 3 is 2.84 bits per heavy atom. The third kappa shape index (κ3) is 2.63. The van der Waals surface area contributed by atoms with Gasteiger partial charge in [-0.15, -0.1) is 0 Å². The highest BCUT2D eigenvalue weighted by Gasteiger charge is 2.14. The Morgan fingerprint density at radius 2 is 2.05 bits per heavy atom. The molecule has 0 aliphatic carbocycles. The maximum absolute atomic E-state index is 5.51. The number of ether oxygens (including phenoxy) is 2. The molecular weight excluding hydrogens is 246 g/mol. The van der Waals surface area contributed by atoms with Gasteiger partial charge in [0.2, 0.25) is 6.79 Å². The predicted molar refractivity (Wildman–Crippen MR) is 68.7 cm³/mol. The molecule has 2 N–H and O–H groups in total. The van der Waals surface area contributed by atoms with Gasteiger partial charge in [0.15, 0.2) is 23.1 Å². The van der Waals surface area contributed by atoms with Gasteiger partial charge in [0.25, 0.3) is 0 Å². The molecule has 100 valence electrons. The van der Waals surface area contributed by atoms with Crippen molar-refractivity contribution >= 4 is 5.82 Å². The molecular formula is C13H15N3O3. The van der Waals surface area contributed by atoms with E-state index in [1.54, 1.807) is 6.07 Å². The molecule has 19 heavy (non-hydrogen) atoms. The zero-order valence-electron chi connectivity index (χ0n) is 10.6. The first-order valence-corrected chi connectivity index (χ1v) is 5.99. The highest BCUT2D eigenvalue weighted by Crippen LogP contribution is 2.32. The molecule has 1 aliphatic heterocycles. The standard InChI is InChI=1S/C13H15N3O3/c1-16(7-10-5-13(14)15-19-10)6-9-2-3-11-12(4-9)18-8-17-11/h2-5H,6-8H2,1H3,(H2,14,15). The zero-order valence-corrected chi connectivity index (χ0v) is 10.6. The van der Waals surface area contributed by atoms with Crippen LogP contribution >= 0.6 is 0 Å². The number of nitrogens with zero attached hydrogens (tertiary/aromatic N) is 2. The van der Waals surface area contributed by atoms with Crippen molar-refractivity contribution in [2.24, 2.45) is 0 Å². The van der Waals surface area contributed by atoms with E-state index in [1.807, 2.05) is 25.2 Å². The van der Waals surface area contributed by atoms with Gasteiger partial charge in [-0.05, 0) is 24.7 Å². The summed E-state index contributed by atoms with van der Waals surface area (Å²) >= 11 is 0. The van der Waals surface area contributed by atoms with Crippen molar-refractivity contribution in [1.29, 1.82) is 0 Å². The van der Waals surface area contributed by atoms with Crippen LogP contribution in [0.15, 0.2) is 28.8 Å². The zero-order chi connectivity index (χ0) is 13.2. The Bertz CT molecular complexity index is 582. The van der Waals surface area contributed by atoms with Gasteiger partial charge in [0.1, 0.15) is 0 Å². The summed E-state index contributed by atoms with van der Waals surface area (Å²) in [5.74, 6) is 2.76. The lowest BCUT2D eigenvalue weighted by Crippen LogP contribution is -2.16. The van der Waals surface area contributed by atoms with Gasteiger partial charge < -0.3 is 19.7 Å². The Morgan fingerprint density at radius 1 is 1.21 bits per heavy atom.